The van der Waals surface area contributed by atoms with Gasteiger partial charge in [0.05, 0.1) is 5.56 Å². The molecule has 1 fully saturated rings. The van der Waals surface area contributed by atoms with Gasteiger partial charge < -0.3 is 4.90 Å². The van der Waals surface area contributed by atoms with E-state index < -0.39 is 5.82 Å². The first-order valence-corrected chi connectivity index (χ1v) is 8.13. The fraction of sp³-hybridized carbons (Fsp3) is 0.588. The quantitative estimate of drug-likeness (QED) is 0.756. The molecule has 2 rings (SSSR count). The normalized spacial score (nSPS) is 15.7. The number of nitrogens with zero attached hydrogens (tertiary/aromatic N) is 1. The summed E-state index contributed by atoms with van der Waals surface area (Å²) in [6, 6.07) is 4.43. The summed E-state index contributed by atoms with van der Waals surface area (Å²) >= 11 is 5.92. The zero-order valence-corrected chi connectivity index (χ0v) is 13.5. The van der Waals surface area contributed by atoms with Crippen molar-refractivity contribution in [3.05, 3.63) is 34.6 Å². The minimum atomic E-state index is -0.489. The van der Waals surface area contributed by atoms with Crippen LogP contribution in [0.1, 0.15) is 56.3 Å². The maximum Gasteiger partial charge on any atom is 0.257 e. The molecule has 0 heterocycles. The Bertz CT molecular complexity index is 498. The molecule has 116 valence electrons. The van der Waals surface area contributed by atoms with Gasteiger partial charge in [0.2, 0.25) is 0 Å². The van der Waals surface area contributed by atoms with Gasteiger partial charge in [-0.25, -0.2) is 4.39 Å². The summed E-state index contributed by atoms with van der Waals surface area (Å²) in [5.41, 5.74) is 0.0955. The zero-order chi connectivity index (χ0) is 15.4. The zero-order valence-electron chi connectivity index (χ0n) is 12.7. The Morgan fingerprint density at radius 3 is 2.67 bits per heavy atom. The van der Waals surface area contributed by atoms with E-state index in [-0.39, 0.29) is 17.5 Å². The minimum Gasteiger partial charge on any atom is -0.336 e. The number of benzene rings is 1. The lowest BCUT2D eigenvalue weighted by Crippen LogP contribution is -2.40. The molecule has 2 nitrogen and oxygen atoms in total. The molecule has 0 atom stereocenters. The molecule has 1 aromatic carbocycles. The molecule has 1 aromatic rings. The molecular weight excluding hydrogens is 289 g/mol. The number of hydrogen-bond donors (Lipinski definition) is 0. The highest BCUT2D eigenvalue weighted by molar-refractivity contribution is 6.31. The molecule has 1 amide bonds. The maximum atomic E-state index is 14.0. The molecule has 1 aliphatic rings. The van der Waals surface area contributed by atoms with Crippen molar-refractivity contribution in [2.75, 3.05) is 6.54 Å². The first-order valence-electron chi connectivity index (χ1n) is 7.75. The number of amides is 1. The van der Waals surface area contributed by atoms with Crippen LogP contribution in [0.25, 0.3) is 0 Å². The van der Waals surface area contributed by atoms with Gasteiger partial charge in [-0.05, 0) is 43.4 Å². The second kappa shape index (κ2) is 7.26. The van der Waals surface area contributed by atoms with Crippen LogP contribution in [0.3, 0.4) is 0 Å². The van der Waals surface area contributed by atoms with Gasteiger partial charge in [0.1, 0.15) is 5.82 Å². The van der Waals surface area contributed by atoms with Gasteiger partial charge in [-0.3, -0.25) is 4.79 Å². The molecule has 0 radical (unpaired) electrons. The number of rotatable bonds is 5. The van der Waals surface area contributed by atoms with Gasteiger partial charge in [-0.15, -0.1) is 0 Å². The van der Waals surface area contributed by atoms with Crippen LogP contribution in [0.2, 0.25) is 5.02 Å². The van der Waals surface area contributed by atoms with E-state index in [0.29, 0.717) is 17.5 Å². The topological polar surface area (TPSA) is 20.3 Å². The minimum absolute atomic E-state index is 0.0955. The van der Waals surface area contributed by atoms with Crippen LogP contribution in [0.4, 0.5) is 4.39 Å². The van der Waals surface area contributed by atoms with E-state index in [4.69, 9.17) is 11.6 Å². The van der Waals surface area contributed by atoms with Crippen molar-refractivity contribution in [2.45, 2.75) is 52.0 Å². The van der Waals surface area contributed by atoms with Gasteiger partial charge in [0.25, 0.3) is 5.91 Å². The number of carbonyl (C=O) groups is 1. The second-order valence-electron chi connectivity index (χ2n) is 6.24. The Hall–Kier alpha value is -1.09. The third-order valence-corrected chi connectivity index (χ3v) is 4.37. The van der Waals surface area contributed by atoms with Crippen LogP contribution in [0, 0.1) is 11.7 Å². The molecule has 1 saturated carbocycles. The number of carbonyl (C=O) groups excluding carboxylic acids is 1. The van der Waals surface area contributed by atoms with E-state index in [1.54, 1.807) is 0 Å². The van der Waals surface area contributed by atoms with Crippen molar-refractivity contribution in [1.29, 1.82) is 0 Å². The third-order valence-electron chi connectivity index (χ3n) is 4.13. The summed E-state index contributed by atoms with van der Waals surface area (Å²) in [5, 5.41) is 0.398. The Morgan fingerprint density at radius 1 is 1.38 bits per heavy atom. The highest BCUT2D eigenvalue weighted by Gasteiger charge is 2.28. The molecule has 0 aromatic heterocycles. The summed E-state index contributed by atoms with van der Waals surface area (Å²) in [6.07, 6.45) is 5.27. The molecule has 0 bridgehead atoms. The smallest absolute Gasteiger partial charge is 0.257 e. The fourth-order valence-electron chi connectivity index (χ4n) is 2.88. The molecule has 21 heavy (non-hydrogen) atoms. The van der Waals surface area contributed by atoms with Crippen molar-refractivity contribution in [2.24, 2.45) is 5.92 Å². The molecule has 0 spiro atoms. The summed E-state index contributed by atoms with van der Waals surface area (Å²) < 4.78 is 14.0. The van der Waals surface area contributed by atoms with Crippen LogP contribution >= 0.6 is 11.6 Å². The second-order valence-corrected chi connectivity index (χ2v) is 6.68. The highest BCUT2D eigenvalue weighted by Crippen LogP contribution is 2.27. The van der Waals surface area contributed by atoms with Crippen LogP contribution in [0.5, 0.6) is 0 Å². The lowest BCUT2D eigenvalue weighted by Gasteiger charge is -2.30. The Balaban J connectivity index is 2.21. The third kappa shape index (κ3) is 4.19. The predicted octanol–water partition coefficient (Wildman–Crippen LogP) is 4.91. The molecule has 0 aliphatic heterocycles. The van der Waals surface area contributed by atoms with Crippen molar-refractivity contribution in [3.63, 3.8) is 0 Å². The van der Waals surface area contributed by atoms with E-state index >= 15 is 0 Å². The average molecular weight is 312 g/mol. The fourth-order valence-corrected chi connectivity index (χ4v) is 3.05. The van der Waals surface area contributed by atoms with E-state index in [1.807, 2.05) is 4.90 Å². The van der Waals surface area contributed by atoms with Gasteiger partial charge in [0.15, 0.2) is 0 Å². The average Bonchev–Trinajstić information content (AvgIpc) is 2.95. The Morgan fingerprint density at radius 2 is 2.05 bits per heavy atom. The van der Waals surface area contributed by atoms with Gasteiger partial charge >= 0.3 is 0 Å². The van der Waals surface area contributed by atoms with Crippen molar-refractivity contribution in [3.8, 4) is 0 Å². The van der Waals surface area contributed by atoms with Crippen LogP contribution in [0.15, 0.2) is 18.2 Å². The van der Waals surface area contributed by atoms with Crippen LogP contribution in [-0.4, -0.2) is 23.4 Å². The number of halogens is 2. The molecular formula is C17H23ClFNO. The molecule has 1 aliphatic carbocycles. The lowest BCUT2D eigenvalue weighted by atomic mass is 10.1. The van der Waals surface area contributed by atoms with Gasteiger partial charge in [-0.1, -0.05) is 38.3 Å². The monoisotopic (exact) mass is 311 g/mol. The highest BCUT2D eigenvalue weighted by atomic mass is 35.5. The standard InChI is InChI=1S/C17H23ClFNO/c1-12(2)9-10-20(14-5-3-4-6-14)17(21)15-11-13(18)7-8-16(15)19/h7-8,11-12,14H,3-6,9-10H2,1-2H3. The van der Waals surface area contributed by atoms with Crippen molar-refractivity contribution in [1.82, 2.24) is 4.90 Å². The van der Waals surface area contributed by atoms with E-state index in [0.717, 1.165) is 32.1 Å². The summed E-state index contributed by atoms with van der Waals surface area (Å²) in [6.45, 7) is 4.96. The van der Waals surface area contributed by atoms with E-state index in [9.17, 15) is 9.18 Å². The van der Waals surface area contributed by atoms with Gasteiger partial charge in [0, 0.05) is 17.6 Å². The van der Waals surface area contributed by atoms with Crippen LogP contribution < -0.4 is 0 Å². The van der Waals surface area contributed by atoms with Gasteiger partial charge in [-0.2, -0.15) is 0 Å². The molecule has 0 unspecified atom stereocenters. The van der Waals surface area contributed by atoms with E-state index in [2.05, 4.69) is 13.8 Å². The first kappa shape index (κ1) is 16.3. The summed E-state index contributed by atoms with van der Waals surface area (Å²) in [5.74, 6) is -0.189. The SMILES string of the molecule is CC(C)CCN(C(=O)c1cc(Cl)ccc1F)C1CCCC1. The molecule has 4 heteroatoms. The molecule has 0 saturated heterocycles. The Labute approximate surface area is 131 Å². The Kier molecular flexibility index (Phi) is 5.63. The molecule has 0 N–H and O–H groups in total. The van der Waals surface area contributed by atoms with E-state index in [1.165, 1.54) is 18.2 Å². The van der Waals surface area contributed by atoms with Crippen molar-refractivity contribution < 1.29 is 9.18 Å². The van der Waals surface area contributed by atoms with Crippen molar-refractivity contribution >= 4 is 17.5 Å². The predicted molar refractivity (Wildman–Crippen MR) is 84.2 cm³/mol. The first-order chi connectivity index (χ1) is 9.99. The largest absolute Gasteiger partial charge is 0.336 e. The summed E-state index contributed by atoms with van der Waals surface area (Å²) in [7, 11) is 0. The lowest BCUT2D eigenvalue weighted by molar-refractivity contribution is 0.0667. The van der Waals surface area contributed by atoms with Crippen LogP contribution in [-0.2, 0) is 0 Å². The maximum absolute atomic E-state index is 14.0. The summed E-state index contributed by atoms with van der Waals surface area (Å²) in [4.78, 5) is 14.6. The number of hydrogen-bond acceptors (Lipinski definition) is 1.